The van der Waals surface area contributed by atoms with E-state index in [1.54, 1.807) is 30.5 Å². The molecule has 1 saturated carbocycles. The summed E-state index contributed by atoms with van der Waals surface area (Å²) in [6, 6.07) is 26.8. The number of rotatable bonds is 9. The van der Waals surface area contributed by atoms with Gasteiger partial charge in [-0.25, -0.2) is 9.78 Å². The molecule has 1 fully saturated rings. The molecule has 6 nitrogen and oxygen atoms in total. The molecule has 0 bridgehead atoms. The van der Waals surface area contributed by atoms with E-state index in [1.807, 2.05) is 36.4 Å². The molecule has 5 rings (SSSR count). The number of nitrogens with zero attached hydrogens (tertiary/aromatic N) is 2. The zero-order valence-electron chi connectivity index (χ0n) is 20.6. The third-order valence-electron chi connectivity index (χ3n) is 6.86. The molecular formula is C31H30N2O4. The van der Waals surface area contributed by atoms with Gasteiger partial charge in [-0.2, -0.15) is 0 Å². The topological polar surface area (TPSA) is 81.0 Å². The summed E-state index contributed by atoms with van der Waals surface area (Å²) in [6.07, 6.45) is 7.37. The summed E-state index contributed by atoms with van der Waals surface area (Å²) >= 11 is 0. The molecular weight excluding hydrogens is 464 g/mol. The third kappa shape index (κ3) is 6.33. The number of hydrogen-bond acceptors (Lipinski definition) is 5. The van der Waals surface area contributed by atoms with Gasteiger partial charge in [-0.05, 0) is 60.4 Å². The van der Waals surface area contributed by atoms with Crippen LogP contribution in [0.1, 0.15) is 65.4 Å². The van der Waals surface area contributed by atoms with Crippen molar-refractivity contribution < 1.29 is 19.5 Å². The van der Waals surface area contributed by atoms with Gasteiger partial charge in [0.05, 0.1) is 23.0 Å². The molecule has 3 aromatic carbocycles. The molecule has 37 heavy (non-hydrogen) atoms. The Balaban J connectivity index is 1.25. The van der Waals surface area contributed by atoms with E-state index in [-0.39, 0.29) is 11.7 Å². The number of aromatic carboxylic acids is 1. The summed E-state index contributed by atoms with van der Waals surface area (Å²) in [6.45, 7) is 0.400. The SMILES string of the molecule is O=C(O)c1ccc(/C=N/OC(c2ccc(OCc3ccc4ccccc4n3)cc2)C2CCCCC2)cc1. The fourth-order valence-corrected chi connectivity index (χ4v) is 4.82. The van der Waals surface area contributed by atoms with Crippen LogP contribution >= 0.6 is 0 Å². The monoisotopic (exact) mass is 494 g/mol. The van der Waals surface area contributed by atoms with Crippen LogP contribution in [0.4, 0.5) is 0 Å². The second-order valence-corrected chi connectivity index (χ2v) is 9.44. The van der Waals surface area contributed by atoms with Gasteiger partial charge in [-0.3, -0.25) is 0 Å². The predicted octanol–water partition coefficient (Wildman–Crippen LogP) is 7.18. The van der Waals surface area contributed by atoms with E-state index in [0.717, 1.165) is 46.3 Å². The quantitative estimate of drug-likeness (QED) is 0.197. The number of ether oxygens (including phenoxy) is 1. The van der Waals surface area contributed by atoms with Crippen LogP contribution in [-0.4, -0.2) is 22.3 Å². The van der Waals surface area contributed by atoms with Crippen molar-refractivity contribution in [2.75, 3.05) is 0 Å². The fraction of sp³-hybridized carbons (Fsp3) is 0.258. The number of carboxylic acids is 1. The lowest BCUT2D eigenvalue weighted by atomic mass is 9.83. The first-order valence-corrected chi connectivity index (χ1v) is 12.8. The van der Waals surface area contributed by atoms with Crippen molar-refractivity contribution in [3.63, 3.8) is 0 Å². The summed E-state index contributed by atoms with van der Waals surface area (Å²) in [4.78, 5) is 21.8. The number of oxime groups is 1. The van der Waals surface area contributed by atoms with Gasteiger partial charge in [0.1, 0.15) is 12.4 Å². The van der Waals surface area contributed by atoms with Gasteiger partial charge in [0, 0.05) is 11.3 Å². The van der Waals surface area contributed by atoms with Crippen LogP contribution in [0.3, 0.4) is 0 Å². The van der Waals surface area contributed by atoms with Crippen LogP contribution < -0.4 is 4.74 Å². The third-order valence-corrected chi connectivity index (χ3v) is 6.86. The van der Waals surface area contributed by atoms with Gasteiger partial charge >= 0.3 is 5.97 Å². The maximum absolute atomic E-state index is 11.1. The van der Waals surface area contributed by atoms with Crippen LogP contribution in [0.15, 0.2) is 90.1 Å². The Labute approximate surface area is 216 Å². The number of carbonyl (C=O) groups is 1. The number of aromatic nitrogens is 1. The molecule has 0 spiro atoms. The molecule has 1 aromatic heterocycles. The van der Waals surface area contributed by atoms with Gasteiger partial charge in [0.15, 0.2) is 6.10 Å². The highest BCUT2D eigenvalue weighted by Gasteiger charge is 2.27. The summed E-state index contributed by atoms with van der Waals surface area (Å²) < 4.78 is 6.01. The van der Waals surface area contributed by atoms with Crippen molar-refractivity contribution in [2.45, 2.75) is 44.8 Å². The van der Waals surface area contributed by atoms with Crippen LogP contribution in [-0.2, 0) is 11.4 Å². The largest absolute Gasteiger partial charge is 0.487 e. The molecule has 1 heterocycles. The van der Waals surface area contributed by atoms with Crippen molar-refractivity contribution in [1.29, 1.82) is 0 Å². The van der Waals surface area contributed by atoms with E-state index in [1.165, 1.54) is 19.3 Å². The second-order valence-electron chi connectivity index (χ2n) is 9.44. The van der Waals surface area contributed by atoms with Gasteiger partial charge in [-0.15, -0.1) is 0 Å². The molecule has 0 radical (unpaired) electrons. The number of para-hydroxylation sites is 1. The number of pyridine rings is 1. The van der Waals surface area contributed by atoms with E-state index in [2.05, 4.69) is 34.4 Å². The minimum atomic E-state index is -0.946. The standard InChI is InChI=1S/C31H30N2O4/c34-31(35)26-12-10-22(11-13-26)20-32-37-30(24-7-2-1-3-8-24)25-15-18-28(19-16-25)36-21-27-17-14-23-6-4-5-9-29(23)33-27/h4-6,9-20,24,30H,1-3,7-8,21H2,(H,34,35)/b32-20+. The molecule has 1 aliphatic rings. The highest BCUT2D eigenvalue weighted by molar-refractivity contribution is 5.89. The molecule has 4 aromatic rings. The van der Waals surface area contributed by atoms with E-state index in [4.69, 9.17) is 14.7 Å². The molecule has 1 aliphatic carbocycles. The second kappa shape index (κ2) is 11.7. The first-order valence-electron chi connectivity index (χ1n) is 12.8. The average molecular weight is 495 g/mol. The first kappa shape index (κ1) is 24.5. The highest BCUT2D eigenvalue weighted by Crippen LogP contribution is 2.37. The van der Waals surface area contributed by atoms with Gasteiger partial charge in [0.2, 0.25) is 0 Å². The molecule has 1 N–H and O–H groups in total. The van der Waals surface area contributed by atoms with Crippen LogP contribution in [0.5, 0.6) is 5.75 Å². The Bertz CT molecular complexity index is 1360. The lowest BCUT2D eigenvalue weighted by molar-refractivity contribution is 0.00274. The Morgan fingerprint density at radius 1 is 0.946 bits per heavy atom. The van der Waals surface area contributed by atoms with E-state index < -0.39 is 5.97 Å². The maximum atomic E-state index is 11.1. The zero-order valence-corrected chi connectivity index (χ0v) is 20.6. The Morgan fingerprint density at radius 2 is 1.70 bits per heavy atom. The molecule has 0 aliphatic heterocycles. The summed E-state index contributed by atoms with van der Waals surface area (Å²) in [5, 5.41) is 14.5. The smallest absolute Gasteiger partial charge is 0.335 e. The summed E-state index contributed by atoms with van der Waals surface area (Å²) in [5.41, 5.74) is 3.96. The Kier molecular flexibility index (Phi) is 7.75. The molecule has 1 unspecified atom stereocenters. The van der Waals surface area contributed by atoms with Crippen molar-refractivity contribution in [3.05, 3.63) is 107 Å². The Hall–Kier alpha value is -4.19. The van der Waals surface area contributed by atoms with Crippen LogP contribution in [0.2, 0.25) is 0 Å². The highest BCUT2D eigenvalue weighted by atomic mass is 16.6. The lowest BCUT2D eigenvalue weighted by Crippen LogP contribution is -2.17. The van der Waals surface area contributed by atoms with Gasteiger partial charge in [0.25, 0.3) is 0 Å². The number of hydrogen-bond donors (Lipinski definition) is 1. The van der Waals surface area contributed by atoms with Gasteiger partial charge in [-0.1, -0.05) is 72.9 Å². The van der Waals surface area contributed by atoms with E-state index in [9.17, 15) is 4.79 Å². The zero-order chi connectivity index (χ0) is 25.5. The minimum Gasteiger partial charge on any atom is -0.487 e. The van der Waals surface area contributed by atoms with Crippen molar-refractivity contribution >= 4 is 23.1 Å². The fourth-order valence-electron chi connectivity index (χ4n) is 4.82. The summed E-state index contributed by atoms with van der Waals surface area (Å²) in [7, 11) is 0. The van der Waals surface area contributed by atoms with Crippen molar-refractivity contribution in [1.82, 2.24) is 4.98 Å². The van der Waals surface area contributed by atoms with Crippen LogP contribution in [0, 0.1) is 5.92 Å². The van der Waals surface area contributed by atoms with Gasteiger partial charge < -0.3 is 14.7 Å². The molecule has 188 valence electrons. The normalized spacial score (nSPS) is 15.0. The first-order chi connectivity index (χ1) is 18.2. The predicted molar refractivity (Wildman–Crippen MR) is 144 cm³/mol. The molecule has 0 amide bonds. The number of fused-ring (bicyclic) bond motifs is 1. The average Bonchev–Trinajstić information content (AvgIpc) is 2.95. The molecule has 1 atom stereocenters. The van der Waals surface area contributed by atoms with E-state index >= 15 is 0 Å². The van der Waals surface area contributed by atoms with Crippen LogP contribution in [0.25, 0.3) is 10.9 Å². The number of carboxylic acid groups (broad SMARTS) is 1. The van der Waals surface area contributed by atoms with Crippen molar-refractivity contribution in [2.24, 2.45) is 11.1 Å². The minimum absolute atomic E-state index is 0.147. The number of benzene rings is 3. The molecule has 6 heteroatoms. The van der Waals surface area contributed by atoms with Crippen molar-refractivity contribution in [3.8, 4) is 5.75 Å². The Morgan fingerprint density at radius 3 is 2.46 bits per heavy atom. The lowest BCUT2D eigenvalue weighted by Gasteiger charge is -2.28. The maximum Gasteiger partial charge on any atom is 0.335 e. The summed E-state index contributed by atoms with van der Waals surface area (Å²) in [5.74, 6) is 0.232. The van der Waals surface area contributed by atoms with E-state index in [0.29, 0.717) is 12.5 Å². The molecule has 0 saturated heterocycles.